The lowest BCUT2D eigenvalue weighted by molar-refractivity contribution is 0.426. The Morgan fingerprint density at radius 1 is 1.11 bits per heavy atom. The number of nitrogens with one attached hydrogen (secondary N) is 1. The molecule has 0 bridgehead atoms. The molecule has 0 amide bonds. The fourth-order valence-corrected chi connectivity index (χ4v) is 2.14. The van der Waals surface area contributed by atoms with Crippen molar-refractivity contribution in [3.05, 3.63) is 60.2 Å². The van der Waals surface area contributed by atoms with Gasteiger partial charge >= 0.3 is 0 Å². The minimum atomic E-state index is 0.364. The molecule has 0 aliphatic carbocycles. The summed E-state index contributed by atoms with van der Waals surface area (Å²) in [7, 11) is 0. The summed E-state index contributed by atoms with van der Waals surface area (Å²) in [6.45, 7) is 5.25. The molecule has 19 heavy (non-hydrogen) atoms. The van der Waals surface area contributed by atoms with Gasteiger partial charge in [-0.1, -0.05) is 44.2 Å². The molecular formula is C16H21N3. The molecule has 2 rings (SSSR count). The molecule has 2 aromatic rings. The normalized spacial score (nSPS) is 12.6. The van der Waals surface area contributed by atoms with Gasteiger partial charge in [0.1, 0.15) is 0 Å². The van der Waals surface area contributed by atoms with E-state index in [9.17, 15) is 0 Å². The van der Waals surface area contributed by atoms with Gasteiger partial charge in [-0.15, -0.1) is 0 Å². The van der Waals surface area contributed by atoms with Gasteiger partial charge < -0.3 is 5.32 Å². The molecule has 3 heteroatoms. The fourth-order valence-electron chi connectivity index (χ4n) is 2.14. The molecule has 1 N–H and O–H groups in total. The lowest BCUT2D eigenvalue weighted by Crippen LogP contribution is -2.23. The number of hydrogen-bond acceptors (Lipinski definition) is 3. The summed E-state index contributed by atoms with van der Waals surface area (Å²) in [6, 6.07) is 11.0. The average molecular weight is 255 g/mol. The van der Waals surface area contributed by atoms with E-state index < -0.39 is 0 Å². The molecule has 0 spiro atoms. The first-order chi connectivity index (χ1) is 9.25. The smallest absolute Gasteiger partial charge is 0.0724 e. The van der Waals surface area contributed by atoms with Crippen molar-refractivity contribution in [2.75, 3.05) is 0 Å². The van der Waals surface area contributed by atoms with Crippen LogP contribution >= 0.6 is 0 Å². The molecular weight excluding hydrogens is 234 g/mol. The second-order valence-electron chi connectivity index (χ2n) is 5.17. The van der Waals surface area contributed by atoms with Crippen LogP contribution in [-0.4, -0.2) is 9.97 Å². The van der Waals surface area contributed by atoms with Crippen molar-refractivity contribution in [3.63, 3.8) is 0 Å². The lowest BCUT2D eigenvalue weighted by atomic mass is 9.97. The highest BCUT2D eigenvalue weighted by atomic mass is 14.9. The molecule has 1 unspecified atom stereocenters. The second kappa shape index (κ2) is 7.00. The van der Waals surface area contributed by atoms with Crippen molar-refractivity contribution in [2.45, 2.75) is 32.9 Å². The van der Waals surface area contributed by atoms with Crippen molar-refractivity contribution in [2.24, 2.45) is 5.92 Å². The topological polar surface area (TPSA) is 37.8 Å². The minimum absolute atomic E-state index is 0.364. The summed E-state index contributed by atoms with van der Waals surface area (Å²) in [5, 5.41) is 3.58. The molecule has 0 saturated heterocycles. The first kappa shape index (κ1) is 13.7. The molecule has 0 radical (unpaired) electrons. The Bertz CT molecular complexity index is 468. The van der Waals surface area contributed by atoms with E-state index >= 15 is 0 Å². The molecule has 1 atom stereocenters. The Balaban J connectivity index is 2.02. The molecule has 0 saturated carbocycles. The Morgan fingerprint density at radius 2 is 1.89 bits per heavy atom. The Morgan fingerprint density at radius 3 is 2.53 bits per heavy atom. The zero-order valence-electron chi connectivity index (χ0n) is 11.6. The highest BCUT2D eigenvalue weighted by Gasteiger charge is 2.12. The molecule has 1 aromatic carbocycles. The van der Waals surface area contributed by atoms with E-state index in [4.69, 9.17) is 0 Å². The van der Waals surface area contributed by atoms with Crippen LogP contribution < -0.4 is 5.32 Å². The van der Waals surface area contributed by atoms with Gasteiger partial charge in [-0.05, 0) is 17.9 Å². The summed E-state index contributed by atoms with van der Waals surface area (Å²) in [6.07, 6.45) is 6.36. The van der Waals surface area contributed by atoms with E-state index in [1.165, 1.54) is 5.56 Å². The number of benzene rings is 1. The van der Waals surface area contributed by atoms with Crippen LogP contribution in [0, 0.1) is 5.92 Å². The highest BCUT2D eigenvalue weighted by Crippen LogP contribution is 2.21. The van der Waals surface area contributed by atoms with Crippen LogP contribution in [-0.2, 0) is 6.54 Å². The zero-order chi connectivity index (χ0) is 13.5. The number of hydrogen-bond donors (Lipinski definition) is 1. The monoisotopic (exact) mass is 255 g/mol. The molecule has 1 heterocycles. The molecule has 3 nitrogen and oxygen atoms in total. The predicted molar refractivity (Wildman–Crippen MR) is 77.5 cm³/mol. The third-order valence-corrected chi connectivity index (χ3v) is 3.06. The maximum Gasteiger partial charge on any atom is 0.0724 e. The van der Waals surface area contributed by atoms with Crippen molar-refractivity contribution in [1.82, 2.24) is 15.3 Å². The van der Waals surface area contributed by atoms with Crippen molar-refractivity contribution < 1.29 is 0 Å². The molecule has 0 aliphatic rings. The Labute approximate surface area is 115 Å². The quantitative estimate of drug-likeness (QED) is 0.860. The largest absolute Gasteiger partial charge is 0.304 e. The van der Waals surface area contributed by atoms with E-state index in [1.807, 2.05) is 6.20 Å². The minimum Gasteiger partial charge on any atom is -0.304 e. The summed E-state index contributed by atoms with van der Waals surface area (Å²) in [5.74, 6) is 0.652. The summed E-state index contributed by atoms with van der Waals surface area (Å²) in [4.78, 5) is 8.39. The standard InChI is InChI=1S/C16H21N3/c1-13(2)10-16(14-6-4-3-5-7-14)19-12-15-11-17-8-9-18-15/h3-9,11,13,16,19H,10,12H2,1-2H3. The molecule has 100 valence electrons. The lowest BCUT2D eigenvalue weighted by Gasteiger charge is -2.21. The second-order valence-corrected chi connectivity index (χ2v) is 5.17. The first-order valence-corrected chi connectivity index (χ1v) is 6.79. The van der Waals surface area contributed by atoms with Crippen LogP contribution in [0.5, 0.6) is 0 Å². The van der Waals surface area contributed by atoms with Crippen LogP contribution in [0.4, 0.5) is 0 Å². The van der Waals surface area contributed by atoms with E-state index in [-0.39, 0.29) is 0 Å². The third-order valence-electron chi connectivity index (χ3n) is 3.06. The average Bonchev–Trinajstić information content (AvgIpc) is 2.45. The van der Waals surface area contributed by atoms with E-state index in [2.05, 4.69) is 59.5 Å². The van der Waals surface area contributed by atoms with Crippen LogP contribution in [0.3, 0.4) is 0 Å². The number of aromatic nitrogens is 2. The first-order valence-electron chi connectivity index (χ1n) is 6.79. The number of rotatable bonds is 6. The Hall–Kier alpha value is -1.74. The van der Waals surface area contributed by atoms with Crippen LogP contribution in [0.15, 0.2) is 48.9 Å². The SMILES string of the molecule is CC(C)CC(NCc1cnccn1)c1ccccc1. The van der Waals surface area contributed by atoms with Gasteiger partial charge in [0.25, 0.3) is 0 Å². The van der Waals surface area contributed by atoms with E-state index in [0.29, 0.717) is 12.0 Å². The van der Waals surface area contributed by atoms with Crippen molar-refractivity contribution in [3.8, 4) is 0 Å². The van der Waals surface area contributed by atoms with Crippen molar-refractivity contribution in [1.29, 1.82) is 0 Å². The van der Waals surface area contributed by atoms with Gasteiger partial charge in [0.2, 0.25) is 0 Å². The summed E-state index contributed by atoms with van der Waals surface area (Å²) in [5.41, 5.74) is 2.31. The van der Waals surface area contributed by atoms with Crippen LogP contribution in [0.1, 0.15) is 37.6 Å². The van der Waals surface area contributed by atoms with Gasteiger partial charge in [-0.3, -0.25) is 9.97 Å². The number of nitrogens with zero attached hydrogens (tertiary/aromatic N) is 2. The molecule has 1 aromatic heterocycles. The van der Waals surface area contributed by atoms with Gasteiger partial charge in [0.05, 0.1) is 5.69 Å². The predicted octanol–water partition coefficient (Wildman–Crippen LogP) is 3.35. The highest BCUT2D eigenvalue weighted by molar-refractivity contribution is 5.19. The van der Waals surface area contributed by atoms with Crippen molar-refractivity contribution >= 4 is 0 Å². The van der Waals surface area contributed by atoms with Gasteiger partial charge in [0.15, 0.2) is 0 Å². The van der Waals surface area contributed by atoms with Gasteiger partial charge in [-0.25, -0.2) is 0 Å². The van der Waals surface area contributed by atoms with Gasteiger partial charge in [0, 0.05) is 31.2 Å². The molecule has 0 fully saturated rings. The fraction of sp³-hybridized carbons (Fsp3) is 0.375. The van der Waals surface area contributed by atoms with E-state index in [1.54, 1.807) is 12.4 Å². The van der Waals surface area contributed by atoms with Crippen LogP contribution in [0.25, 0.3) is 0 Å². The van der Waals surface area contributed by atoms with Gasteiger partial charge in [-0.2, -0.15) is 0 Å². The maximum atomic E-state index is 4.30. The Kier molecular flexibility index (Phi) is 5.04. The van der Waals surface area contributed by atoms with E-state index in [0.717, 1.165) is 18.7 Å². The summed E-state index contributed by atoms with van der Waals surface area (Å²) < 4.78 is 0. The third kappa shape index (κ3) is 4.45. The maximum absolute atomic E-state index is 4.30. The molecule has 0 aliphatic heterocycles. The zero-order valence-corrected chi connectivity index (χ0v) is 11.6. The van der Waals surface area contributed by atoms with Crippen LogP contribution in [0.2, 0.25) is 0 Å². The summed E-state index contributed by atoms with van der Waals surface area (Å²) >= 11 is 0.